The zero-order valence-corrected chi connectivity index (χ0v) is 14.6. The fourth-order valence-electron chi connectivity index (χ4n) is 2.63. The van der Waals surface area contributed by atoms with Crippen molar-refractivity contribution >= 4 is 29.1 Å². The molecule has 0 spiro atoms. The first-order valence-electron chi connectivity index (χ1n) is 7.99. The van der Waals surface area contributed by atoms with Gasteiger partial charge in [-0.25, -0.2) is 0 Å². The maximum atomic E-state index is 10.5. The minimum atomic E-state index is -2.17. The molecule has 6 nitrogen and oxygen atoms in total. The third-order valence-corrected chi connectivity index (χ3v) is 4.44. The Bertz CT molecular complexity index is 849. The van der Waals surface area contributed by atoms with Crippen molar-refractivity contribution in [3.05, 3.63) is 48.0 Å². The Balaban J connectivity index is 0.000000511. The summed E-state index contributed by atoms with van der Waals surface area (Å²) < 4.78 is 0. The average molecular weight is 345 g/mol. The number of hydrogen-bond donors (Lipinski definition) is 6. The topological polar surface area (TPSA) is 117 Å². The zero-order chi connectivity index (χ0) is 18.8. The number of H-pyrrole nitrogens is 1. The van der Waals surface area contributed by atoms with Crippen molar-refractivity contribution in [3.63, 3.8) is 0 Å². The van der Waals surface area contributed by atoms with Crippen LogP contribution in [-0.2, 0) is 6.42 Å². The van der Waals surface area contributed by atoms with Crippen molar-refractivity contribution < 1.29 is 25.3 Å². The van der Waals surface area contributed by atoms with E-state index in [1.165, 1.54) is 10.8 Å². The molecule has 134 valence electrons. The fourth-order valence-corrected chi connectivity index (χ4v) is 2.63. The molecule has 1 heterocycles. The van der Waals surface area contributed by atoms with E-state index in [2.05, 4.69) is 29.2 Å². The Labute approximate surface area is 146 Å². The molecule has 0 bridgehead atoms. The molecule has 7 heteroatoms. The Kier molecular flexibility index (Phi) is 5.56. The lowest BCUT2D eigenvalue weighted by molar-refractivity contribution is -0.118. The summed E-state index contributed by atoms with van der Waals surface area (Å²) in [5.41, 5.74) is 0.843. The van der Waals surface area contributed by atoms with Crippen molar-refractivity contribution in [1.82, 2.24) is 4.98 Å². The van der Waals surface area contributed by atoms with Crippen LogP contribution in [-0.4, -0.2) is 48.8 Å². The van der Waals surface area contributed by atoms with Crippen LogP contribution < -0.4 is 0 Å². The summed E-state index contributed by atoms with van der Waals surface area (Å²) in [6.07, 6.45) is 0.405. The second kappa shape index (κ2) is 7.15. The molecule has 25 heavy (non-hydrogen) atoms. The quantitative estimate of drug-likeness (QED) is 0.401. The van der Waals surface area contributed by atoms with Gasteiger partial charge in [0.15, 0.2) is 0 Å². The van der Waals surface area contributed by atoms with Crippen LogP contribution in [0.3, 0.4) is 0 Å². The van der Waals surface area contributed by atoms with Crippen LogP contribution >= 0.6 is 0 Å². The van der Waals surface area contributed by atoms with Gasteiger partial charge in [-0.15, -0.1) is 0 Å². The number of hydrogen-bond acceptors (Lipinski definition) is 5. The highest BCUT2D eigenvalue weighted by Gasteiger charge is 2.37. The van der Waals surface area contributed by atoms with Crippen LogP contribution in [0.2, 0.25) is 0 Å². The van der Waals surface area contributed by atoms with Crippen LogP contribution in [0.5, 0.6) is 0 Å². The Morgan fingerprint density at radius 2 is 1.44 bits per heavy atom. The highest BCUT2D eigenvalue weighted by molar-refractivity contribution is 6.30. The van der Waals surface area contributed by atoms with E-state index < -0.39 is 18.5 Å². The van der Waals surface area contributed by atoms with E-state index in [1.54, 1.807) is 20.8 Å². The second-order valence-corrected chi connectivity index (χ2v) is 6.91. The molecule has 0 amide bonds. The summed E-state index contributed by atoms with van der Waals surface area (Å²) in [6.45, 7) is 4.94. The largest absolute Gasteiger partial charge is 0.631 e. The molecule has 0 aliphatic carbocycles. The number of rotatable bonds is 3. The SMILES string of the molecule is CC(C)(O)C(C)(O)Cc1ccc2c(c1)[nH]c1ccccc12.OB(O)O. The van der Waals surface area contributed by atoms with Crippen molar-refractivity contribution in [2.24, 2.45) is 0 Å². The minimum Gasteiger partial charge on any atom is -0.402 e. The molecule has 0 aliphatic rings. The first-order valence-corrected chi connectivity index (χ1v) is 7.99. The van der Waals surface area contributed by atoms with Gasteiger partial charge >= 0.3 is 7.32 Å². The van der Waals surface area contributed by atoms with Crippen LogP contribution in [0.4, 0.5) is 0 Å². The maximum absolute atomic E-state index is 10.5. The van der Waals surface area contributed by atoms with Crippen LogP contribution in [0.25, 0.3) is 21.8 Å². The van der Waals surface area contributed by atoms with Crippen molar-refractivity contribution in [2.75, 3.05) is 0 Å². The lowest BCUT2D eigenvalue weighted by atomic mass is 9.82. The first kappa shape index (κ1) is 19.4. The molecular formula is C18H24BNO5. The van der Waals surface area contributed by atoms with Gasteiger partial charge in [-0.05, 0) is 38.5 Å². The normalized spacial score (nSPS) is 14.1. The van der Waals surface area contributed by atoms with Crippen molar-refractivity contribution in [3.8, 4) is 0 Å². The first-order chi connectivity index (χ1) is 11.5. The van der Waals surface area contributed by atoms with E-state index in [1.807, 2.05) is 18.2 Å². The van der Waals surface area contributed by atoms with Crippen LogP contribution in [0, 0.1) is 0 Å². The Hall–Kier alpha value is -1.90. The molecule has 1 atom stereocenters. The third kappa shape index (κ3) is 4.59. The number of para-hydroxylation sites is 1. The lowest BCUT2D eigenvalue weighted by Crippen LogP contribution is -2.49. The molecule has 0 radical (unpaired) electrons. The molecule has 1 unspecified atom stereocenters. The summed E-state index contributed by atoms with van der Waals surface area (Å²) >= 11 is 0. The molecule has 1 aromatic heterocycles. The van der Waals surface area contributed by atoms with Gasteiger partial charge in [-0.2, -0.15) is 0 Å². The van der Waals surface area contributed by atoms with Gasteiger partial charge in [-0.3, -0.25) is 0 Å². The molecule has 0 saturated heterocycles. The summed E-state index contributed by atoms with van der Waals surface area (Å²) in [4.78, 5) is 3.40. The summed E-state index contributed by atoms with van der Waals surface area (Å²) in [7, 11) is -2.17. The van der Waals surface area contributed by atoms with Gasteiger partial charge in [0.25, 0.3) is 0 Å². The number of nitrogens with one attached hydrogen (secondary N) is 1. The molecule has 6 N–H and O–H groups in total. The molecule has 2 aromatic carbocycles. The molecule has 0 saturated carbocycles. The van der Waals surface area contributed by atoms with E-state index in [4.69, 9.17) is 15.1 Å². The molecule has 0 aliphatic heterocycles. The molecule has 3 aromatic rings. The zero-order valence-electron chi connectivity index (χ0n) is 14.6. The second-order valence-electron chi connectivity index (χ2n) is 6.91. The Morgan fingerprint density at radius 3 is 2.04 bits per heavy atom. The lowest BCUT2D eigenvalue weighted by Gasteiger charge is -2.35. The molecular weight excluding hydrogens is 321 g/mol. The van der Waals surface area contributed by atoms with Crippen molar-refractivity contribution in [1.29, 1.82) is 0 Å². The standard InChI is InChI=1S/C18H21NO2.BH3O3/c1-17(2,20)18(3,21)11-12-8-9-14-13-6-4-5-7-15(13)19-16(14)10-12;2-1(3)4/h4-10,19-21H,11H2,1-3H3;2-4H. The Morgan fingerprint density at radius 1 is 0.880 bits per heavy atom. The monoisotopic (exact) mass is 345 g/mol. The van der Waals surface area contributed by atoms with E-state index in [0.717, 1.165) is 16.6 Å². The number of aromatic amines is 1. The van der Waals surface area contributed by atoms with Gasteiger partial charge in [0, 0.05) is 28.2 Å². The van der Waals surface area contributed by atoms with Crippen LogP contribution in [0.15, 0.2) is 42.5 Å². The third-order valence-electron chi connectivity index (χ3n) is 4.44. The summed E-state index contributed by atoms with van der Waals surface area (Å²) in [5.74, 6) is 0. The van der Waals surface area contributed by atoms with Gasteiger partial charge < -0.3 is 30.3 Å². The summed E-state index contributed by atoms with van der Waals surface area (Å²) in [5, 5.41) is 44.4. The predicted octanol–water partition coefficient (Wildman–Crippen LogP) is 1.33. The van der Waals surface area contributed by atoms with Gasteiger partial charge in [-0.1, -0.05) is 30.3 Å². The minimum absolute atomic E-state index is 0.405. The summed E-state index contributed by atoms with van der Waals surface area (Å²) in [6, 6.07) is 14.3. The molecule has 0 fully saturated rings. The number of aliphatic hydroxyl groups is 2. The fraction of sp³-hybridized carbons (Fsp3) is 0.333. The highest BCUT2D eigenvalue weighted by atomic mass is 16.5. The number of fused-ring (bicyclic) bond motifs is 3. The smallest absolute Gasteiger partial charge is 0.402 e. The predicted molar refractivity (Wildman–Crippen MR) is 98.8 cm³/mol. The van der Waals surface area contributed by atoms with E-state index >= 15 is 0 Å². The van der Waals surface area contributed by atoms with Crippen molar-refractivity contribution in [2.45, 2.75) is 38.4 Å². The van der Waals surface area contributed by atoms with Gasteiger partial charge in [0.2, 0.25) is 0 Å². The van der Waals surface area contributed by atoms with Gasteiger partial charge in [0.05, 0.1) is 11.2 Å². The van der Waals surface area contributed by atoms with Gasteiger partial charge in [0.1, 0.15) is 0 Å². The highest BCUT2D eigenvalue weighted by Crippen LogP contribution is 2.29. The number of benzene rings is 2. The maximum Gasteiger partial charge on any atom is 0.631 e. The number of aromatic nitrogens is 1. The van der Waals surface area contributed by atoms with Crippen LogP contribution in [0.1, 0.15) is 26.3 Å². The van der Waals surface area contributed by atoms with E-state index in [0.29, 0.717) is 6.42 Å². The average Bonchev–Trinajstić information content (AvgIpc) is 2.82. The van der Waals surface area contributed by atoms with E-state index in [9.17, 15) is 10.2 Å². The molecule has 3 rings (SSSR count). The van der Waals surface area contributed by atoms with E-state index in [-0.39, 0.29) is 0 Å².